The number of hydrogen-bond donors (Lipinski definition) is 0. The Labute approximate surface area is 160 Å². The van der Waals surface area contributed by atoms with Crippen molar-refractivity contribution in [1.82, 2.24) is 0 Å². The molecule has 150 valence electrons. The predicted molar refractivity (Wildman–Crippen MR) is 99.2 cm³/mol. The highest BCUT2D eigenvalue weighted by molar-refractivity contribution is 5.79. The fourth-order valence-electron chi connectivity index (χ4n) is 2.79. The molecule has 0 amide bonds. The van der Waals surface area contributed by atoms with Gasteiger partial charge in [-0.15, -0.1) is 0 Å². The fraction of sp³-hybridized carbons (Fsp3) is 0.273. The molecule has 0 aliphatic carbocycles. The minimum absolute atomic E-state index is 0.0433. The van der Waals surface area contributed by atoms with E-state index in [1.165, 1.54) is 12.1 Å². The van der Waals surface area contributed by atoms with Gasteiger partial charge in [-0.3, -0.25) is 0 Å². The molecule has 2 rings (SSSR count). The molecule has 0 saturated carbocycles. The normalized spacial score (nSPS) is 12.0. The monoisotopic (exact) mass is 398 g/mol. The lowest BCUT2D eigenvalue weighted by Gasteiger charge is -2.11. The van der Waals surface area contributed by atoms with Crippen LogP contribution in [0.25, 0.3) is 11.6 Å². The summed E-state index contributed by atoms with van der Waals surface area (Å²) in [5.74, 6) is -2.94. The molecule has 0 fully saturated rings. The topological polar surface area (TPSA) is 0 Å². The number of allylic oxidation sites excluding steroid dienone is 1. The number of aryl methyl sites for hydroxylation is 1. The molecule has 0 aliphatic heterocycles. The molecule has 2 aromatic carbocycles. The summed E-state index contributed by atoms with van der Waals surface area (Å²) in [6, 6.07) is 6.27. The third kappa shape index (κ3) is 5.75. The Kier molecular flexibility index (Phi) is 7.11. The summed E-state index contributed by atoms with van der Waals surface area (Å²) >= 11 is 0. The Balaban J connectivity index is 2.28. The Hall–Kier alpha value is -2.50. The fourth-order valence-corrected chi connectivity index (χ4v) is 2.79. The molecule has 0 unspecified atom stereocenters. The Bertz CT molecular complexity index is 854. The van der Waals surface area contributed by atoms with Crippen LogP contribution in [0.2, 0.25) is 0 Å². The van der Waals surface area contributed by atoms with E-state index in [1.54, 1.807) is 6.07 Å². The van der Waals surface area contributed by atoms with Crippen LogP contribution in [0.15, 0.2) is 43.0 Å². The number of hydrogen-bond acceptors (Lipinski definition) is 0. The van der Waals surface area contributed by atoms with Gasteiger partial charge in [0.2, 0.25) is 0 Å². The van der Waals surface area contributed by atoms with E-state index >= 15 is 0 Å². The van der Waals surface area contributed by atoms with Crippen LogP contribution in [-0.2, 0) is 6.42 Å². The van der Waals surface area contributed by atoms with Gasteiger partial charge in [-0.1, -0.05) is 38.5 Å². The predicted octanol–water partition coefficient (Wildman–Crippen LogP) is 7.47. The SMILES string of the molecule is C=C(c1cc(F)c(/C=C/C(F)(F)F)c(F)c1)c1ccc(CCCCC)cc1F. The first-order chi connectivity index (χ1) is 13.1. The van der Waals surface area contributed by atoms with Crippen molar-refractivity contribution in [3.63, 3.8) is 0 Å². The standard InChI is InChI=1S/C22H20F6/c1-3-4-5-6-15-7-8-17(19(23)11-15)14(2)16-12-20(24)18(21(25)13-16)9-10-22(26,27)28/h7-13H,2-6H2,1H3/b10-9+. The second kappa shape index (κ2) is 9.13. The lowest BCUT2D eigenvalue weighted by Crippen LogP contribution is -2.02. The van der Waals surface area contributed by atoms with Crippen LogP contribution in [0.1, 0.15) is 48.4 Å². The minimum Gasteiger partial charge on any atom is -0.206 e. The van der Waals surface area contributed by atoms with Gasteiger partial charge in [0, 0.05) is 17.2 Å². The lowest BCUT2D eigenvalue weighted by atomic mass is 9.95. The zero-order valence-electron chi connectivity index (χ0n) is 15.3. The number of rotatable bonds is 7. The van der Waals surface area contributed by atoms with Crippen molar-refractivity contribution in [3.8, 4) is 0 Å². The molecule has 0 saturated heterocycles. The Morgan fingerprint density at radius 1 is 0.964 bits per heavy atom. The summed E-state index contributed by atoms with van der Waals surface area (Å²) < 4.78 is 79.3. The number of alkyl halides is 3. The number of halogens is 6. The average molecular weight is 398 g/mol. The second-order valence-corrected chi connectivity index (χ2v) is 6.48. The van der Waals surface area contributed by atoms with E-state index in [4.69, 9.17) is 0 Å². The summed E-state index contributed by atoms with van der Waals surface area (Å²) in [7, 11) is 0. The first kappa shape index (κ1) is 21.8. The van der Waals surface area contributed by atoms with Crippen molar-refractivity contribution < 1.29 is 26.3 Å². The van der Waals surface area contributed by atoms with Crippen LogP contribution >= 0.6 is 0 Å². The van der Waals surface area contributed by atoms with E-state index in [0.717, 1.165) is 43.4 Å². The smallest absolute Gasteiger partial charge is 0.206 e. The summed E-state index contributed by atoms with van der Waals surface area (Å²) in [6.45, 7) is 5.75. The van der Waals surface area contributed by atoms with E-state index in [9.17, 15) is 26.3 Å². The van der Waals surface area contributed by atoms with Crippen LogP contribution in [0, 0.1) is 17.5 Å². The van der Waals surface area contributed by atoms with Crippen LogP contribution in [0.4, 0.5) is 26.3 Å². The summed E-state index contributed by atoms with van der Waals surface area (Å²) in [6.07, 6.45) is -0.890. The lowest BCUT2D eigenvalue weighted by molar-refractivity contribution is -0.0790. The first-order valence-corrected chi connectivity index (χ1v) is 8.85. The molecule has 0 radical (unpaired) electrons. The minimum atomic E-state index is -4.69. The molecular formula is C22H20F6. The third-order valence-corrected chi connectivity index (χ3v) is 4.29. The van der Waals surface area contributed by atoms with Gasteiger partial charge in [0.15, 0.2) is 0 Å². The molecule has 0 aliphatic rings. The molecule has 0 N–H and O–H groups in total. The van der Waals surface area contributed by atoms with Crippen molar-refractivity contribution in [2.24, 2.45) is 0 Å². The molecule has 2 aromatic rings. The molecule has 0 bridgehead atoms. The van der Waals surface area contributed by atoms with Crippen molar-refractivity contribution in [1.29, 1.82) is 0 Å². The van der Waals surface area contributed by atoms with Gasteiger partial charge >= 0.3 is 6.18 Å². The summed E-state index contributed by atoms with van der Waals surface area (Å²) in [5.41, 5.74) is 0.0725. The third-order valence-electron chi connectivity index (χ3n) is 4.29. The number of benzene rings is 2. The molecule has 0 aromatic heterocycles. The van der Waals surface area contributed by atoms with Crippen LogP contribution < -0.4 is 0 Å². The highest BCUT2D eigenvalue weighted by Gasteiger charge is 2.23. The highest BCUT2D eigenvalue weighted by Crippen LogP contribution is 2.29. The average Bonchev–Trinajstić information content (AvgIpc) is 2.59. The summed E-state index contributed by atoms with van der Waals surface area (Å²) in [4.78, 5) is 0. The second-order valence-electron chi connectivity index (χ2n) is 6.48. The van der Waals surface area contributed by atoms with Crippen molar-refractivity contribution >= 4 is 11.6 Å². The zero-order valence-corrected chi connectivity index (χ0v) is 15.3. The molecular weight excluding hydrogens is 378 g/mol. The van der Waals surface area contributed by atoms with Gasteiger partial charge in [-0.05, 0) is 53.8 Å². The maximum absolute atomic E-state index is 14.4. The zero-order chi connectivity index (χ0) is 20.9. The first-order valence-electron chi connectivity index (χ1n) is 8.85. The molecule has 6 heteroatoms. The van der Waals surface area contributed by atoms with Gasteiger partial charge in [-0.25, -0.2) is 13.2 Å². The van der Waals surface area contributed by atoms with Gasteiger partial charge < -0.3 is 0 Å². The Morgan fingerprint density at radius 2 is 1.61 bits per heavy atom. The van der Waals surface area contributed by atoms with Crippen molar-refractivity contribution in [2.75, 3.05) is 0 Å². The van der Waals surface area contributed by atoms with E-state index in [0.29, 0.717) is 6.08 Å². The van der Waals surface area contributed by atoms with Gasteiger partial charge in [-0.2, -0.15) is 13.2 Å². The van der Waals surface area contributed by atoms with Crippen molar-refractivity contribution in [2.45, 2.75) is 38.8 Å². The van der Waals surface area contributed by atoms with E-state index in [1.807, 2.05) is 0 Å². The molecule has 0 atom stereocenters. The maximum atomic E-state index is 14.4. The summed E-state index contributed by atoms with van der Waals surface area (Å²) in [5, 5.41) is 0. The van der Waals surface area contributed by atoms with Gasteiger partial charge in [0.05, 0.1) is 0 Å². The quantitative estimate of drug-likeness (QED) is 0.335. The van der Waals surface area contributed by atoms with E-state index < -0.39 is 29.2 Å². The molecule has 0 nitrogen and oxygen atoms in total. The maximum Gasteiger partial charge on any atom is 0.409 e. The highest BCUT2D eigenvalue weighted by atomic mass is 19.4. The molecule has 0 spiro atoms. The van der Waals surface area contributed by atoms with Crippen molar-refractivity contribution in [3.05, 3.63) is 82.7 Å². The van der Waals surface area contributed by atoms with Gasteiger partial charge in [0.1, 0.15) is 17.5 Å². The van der Waals surface area contributed by atoms with E-state index in [-0.39, 0.29) is 22.8 Å². The van der Waals surface area contributed by atoms with Crippen LogP contribution in [0.5, 0.6) is 0 Å². The number of unbranched alkanes of at least 4 members (excludes halogenated alkanes) is 2. The molecule has 0 heterocycles. The van der Waals surface area contributed by atoms with Gasteiger partial charge in [0.25, 0.3) is 0 Å². The van der Waals surface area contributed by atoms with Crippen LogP contribution in [-0.4, -0.2) is 6.18 Å². The molecule has 28 heavy (non-hydrogen) atoms. The Morgan fingerprint density at radius 3 is 2.14 bits per heavy atom. The van der Waals surface area contributed by atoms with E-state index in [2.05, 4.69) is 13.5 Å². The van der Waals surface area contributed by atoms with Crippen LogP contribution in [0.3, 0.4) is 0 Å². The largest absolute Gasteiger partial charge is 0.409 e.